The van der Waals surface area contributed by atoms with Crippen LogP contribution in [0, 0.1) is 0 Å². The number of amides is 1. The molecule has 33 heavy (non-hydrogen) atoms. The number of nitrogens with zero attached hydrogens (tertiary/aromatic N) is 2. The zero-order chi connectivity index (χ0) is 22.7. The number of fused-ring (bicyclic) bond motifs is 1. The lowest BCUT2D eigenvalue weighted by Crippen LogP contribution is -2.12. The van der Waals surface area contributed by atoms with Crippen molar-refractivity contribution in [3.05, 3.63) is 90.1 Å². The van der Waals surface area contributed by atoms with Gasteiger partial charge < -0.3 is 15.5 Å². The van der Waals surface area contributed by atoms with Gasteiger partial charge in [-0.15, -0.1) is 12.4 Å². The van der Waals surface area contributed by atoms with Crippen LogP contribution in [0.3, 0.4) is 0 Å². The number of anilines is 4. The third kappa shape index (κ3) is 5.48. The number of carbonyl (C=O) groups excluding carboxylic acids is 2. The first-order valence-electron chi connectivity index (χ1n) is 10.3. The summed E-state index contributed by atoms with van der Waals surface area (Å²) in [6.45, 7) is 1.48. The molecule has 0 saturated heterocycles. The number of halogens is 1. The summed E-state index contributed by atoms with van der Waals surface area (Å²) in [6, 6.07) is 22.3. The number of hydrogen-bond donors (Lipinski definition) is 2. The Bertz CT molecular complexity index is 1300. The predicted molar refractivity (Wildman–Crippen MR) is 137 cm³/mol. The number of ketones is 1. The second kappa shape index (κ2) is 10.1. The number of carbonyl (C=O) groups is 2. The molecular formula is C26H25ClN4O2. The van der Waals surface area contributed by atoms with Gasteiger partial charge in [0.25, 0.3) is 5.91 Å². The number of hydrogen-bond acceptors (Lipinski definition) is 5. The number of pyridine rings is 1. The molecule has 2 N–H and O–H groups in total. The lowest BCUT2D eigenvalue weighted by molar-refractivity contribution is 0.101. The molecule has 0 bridgehead atoms. The second-order valence-electron chi connectivity index (χ2n) is 7.75. The number of aromatic nitrogens is 1. The molecule has 3 aromatic carbocycles. The topological polar surface area (TPSA) is 74.3 Å². The standard InChI is InChI=1S/C26H24N4O2.ClH/c1-17(31)18-5-4-6-19(15-18)26(32)29-21-9-7-20(8-10-21)28-25-13-14-27-24-12-11-22(30(2)3)16-23(24)25;/h4-16H,1-3H3,(H,27,28)(H,29,32);1H. The van der Waals surface area contributed by atoms with Gasteiger partial charge in [-0.2, -0.15) is 0 Å². The molecule has 0 aliphatic rings. The molecular weight excluding hydrogens is 436 g/mol. The van der Waals surface area contributed by atoms with Crippen LogP contribution in [0.5, 0.6) is 0 Å². The highest BCUT2D eigenvalue weighted by Gasteiger charge is 2.09. The SMILES string of the molecule is CC(=O)c1cccc(C(=O)Nc2ccc(Nc3ccnc4ccc(N(C)C)cc34)cc2)c1.Cl. The van der Waals surface area contributed by atoms with E-state index in [1.165, 1.54) is 6.92 Å². The van der Waals surface area contributed by atoms with E-state index < -0.39 is 0 Å². The Labute approximate surface area is 199 Å². The van der Waals surface area contributed by atoms with Crippen LogP contribution in [0.4, 0.5) is 22.7 Å². The molecule has 0 fully saturated rings. The van der Waals surface area contributed by atoms with E-state index in [0.717, 1.165) is 28.0 Å². The Kier molecular flexibility index (Phi) is 7.30. The molecule has 0 radical (unpaired) electrons. The van der Waals surface area contributed by atoms with Crippen LogP contribution in [0.1, 0.15) is 27.6 Å². The van der Waals surface area contributed by atoms with Crippen LogP contribution in [-0.2, 0) is 0 Å². The molecule has 0 atom stereocenters. The predicted octanol–water partition coefficient (Wildman–Crippen LogP) is 5.92. The zero-order valence-corrected chi connectivity index (χ0v) is 19.4. The molecule has 4 rings (SSSR count). The van der Waals surface area contributed by atoms with E-state index in [2.05, 4.69) is 26.6 Å². The lowest BCUT2D eigenvalue weighted by atomic mass is 10.1. The van der Waals surface area contributed by atoms with Crippen LogP contribution in [0.15, 0.2) is 79.0 Å². The lowest BCUT2D eigenvalue weighted by Gasteiger charge is -2.15. The summed E-state index contributed by atoms with van der Waals surface area (Å²) in [6.07, 6.45) is 1.78. The van der Waals surface area contributed by atoms with E-state index in [0.29, 0.717) is 16.8 Å². The Morgan fingerprint density at radius 3 is 2.24 bits per heavy atom. The molecule has 1 amide bonds. The summed E-state index contributed by atoms with van der Waals surface area (Å²) in [7, 11) is 4.02. The second-order valence-corrected chi connectivity index (χ2v) is 7.75. The van der Waals surface area contributed by atoms with Gasteiger partial charge in [-0.3, -0.25) is 14.6 Å². The summed E-state index contributed by atoms with van der Waals surface area (Å²) in [5.41, 5.74) is 5.49. The first-order valence-corrected chi connectivity index (χ1v) is 10.3. The minimum atomic E-state index is -0.259. The maximum atomic E-state index is 12.5. The van der Waals surface area contributed by atoms with Crippen molar-refractivity contribution < 1.29 is 9.59 Å². The van der Waals surface area contributed by atoms with Crippen LogP contribution in [0.2, 0.25) is 0 Å². The van der Waals surface area contributed by atoms with E-state index >= 15 is 0 Å². The Morgan fingerprint density at radius 2 is 1.55 bits per heavy atom. The van der Waals surface area contributed by atoms with Crippen LogP contribution in [0.25, 0.3) is 10.9 Å². The molecule has 0 saturated carbocycles. The Morgan fingerprint density at radius 1 is 0.848 bits per heavy atom. The van der Waals surface area contributed by atoms with Crippen molar-refractivity contribution in [3.8, 4) is 0 Å². The maximum absolute atomic E-state index is 12.5. The summed E-state index contributed by atoms with van der Waals surface area (Å²) < 4.78 is 0. The van der Waals surface area contributed by atoms with E-state index in [4.69, 9.17) is 0 Å². The summed E-state index contributed by atoms with van der Waals surface area (Å²) in [5, 5.41) is 7.34. The van der Waals surface area contributed by atoms with Crippen LogP contribution < -0.4 is 15.5 Å². The molecule has 6 nitrogen and oxygen atoms in total. The third-order valence-corrected chi connectivity index (χ3v) is 5.19. The van der Waals surface area contributed by atoms with Gasteiger partial charge in [-0.25, -0.2) is 0 Å². The normalized spacial score (nSPS) is 10.3. The van der Waals surface area contributed by atoms with Crippen molar-refractivity contribution in [2.24, 2.45) is 0 Å². The molecule has 1 aromatic heterocycles. The molecule has 4 aromatic rings. The van der Waals surface area contributed by atoms with Crippen molar-refractivity contribution >= 4 is 57.7 Å². The molecule has 7 heteroatoms. The fourth-order valence-corrected chi connectivity index (χ4v) is 3.40. The number of rotatable bonds is 6. The first-order chi connectivity index (χ1) is 15.4. The van der Waals surface area contributed by atoms with Crippen molar-refractivity contribution in [2.45, 2.75) is 6.92 Å². The highest BCUT2D eigenvalue weighted by atomic mass is 35.5. The van der Waals surface area contributed by atoms with E-state index in [1.807, 2.05) is 56.6 Å². The average Bonchev–Trinajstić information content (AvgIpc) is 2.80. The summed E-state index contributed by atoms with van der Waals surface area (Å²) in [4.78, 5) is 30.6. The average molecular weight is 461 g/mol. The van der Waals surface area contributed by atoms with Gasteiger partial charge in [-0.05, 0) is 67.6 Å². The molecule has 168 valence electrons. The molecule has 0 spiro atoms. The van der Waals surface area contributed by atoms with Gasteiger partial charge in [0, 0.05) is 59.6 Å². The van der Waals surface area contributed by atoms with Crippen molar-refractivity contribution in [1.82, 2.24) is 4.98 Å². The first kappa shape index (κ1) is 23.8. The molecule has 0 aliphatic heterocycles. The van der Waals surface area contributed by atoms with E-state index in [1.54, 1.807) is 30.5 Å². The van der Waals surface area contributed by atoms with Gasteiger partial charge >= 0.3 is 0 Å². The largest absolute Gasteiger partial charge is 0.378 e. The maximum Gasteiger partial charge on any atom is 0.255 e. The van der Waals surface area contributed by atoms with Gasteiger partial charge in [-0.1, -0.05) is 12.1 Å². The van der Waals surface area contributed by atoms with Gasteiger partial charge in [0.05, 0.1) is 5.52 Å². The van der Waals surface area contributed by atoms with Crippen molar-refractivity contribution in [2.75, 3.05) is 29.6 Å². The number of Topliss-reactive ketones (excluding diaryl/α,β-unsaturated/α-hetero) is 1. The van der Waals surface area contributed by atoms with Gasteiger partial charge in [0.1, 0.15) is 0 Å². The van der Waals surface area contributed by atoms with Crippen molar-refractivity contribution in [3.63, 3.8) is 0 Å². The fourth-order valence-electron chi connectivity index (χ4n) is 3.40. The highest BCUT2D eigenvalue weighted by molar-refractivity contribution is 6.06. The quantitative estimate of drug-likeness (QED) is 0.349. The number of nitrogens with one attached hydrogen (secondary N) is 2. The third-order valence-electron chi connectivity index (χ3n) is 5.19. The molecule has 1 heterocycles. The molecule has 0 unspecified atom stereocenters. The van der Waals surface area contributed by atoms with E-state index in [9.17, 15) is 9.59 Å². The fraction of sp³-hybridized carbons (Fsp3) is 0.115. The molecule has 0 aliphatic carbocycles. The Balaban J connectivity index is 0.00000306. The van der Waals surface area contributed by atoms with Gasteiger partial charge in [0.15, 0.2) is 5.78 Å². The van der Waals surface area contributed by atoms with Crippen LogP contribution in [-0.4, -0.2) is 30.8 Å². The smallest absolute Gasteiger partial charge is 0.255 e. The van der Waals surface area contributed by atoms with Crippen LogP contribution >= 0.6 is 12.4 Å². The Hall–Kier alpha value is -3.90. The monoisotopic (exact) mass is 460 g/mol. The summed E-state index contributed by atoms with van der Waals surface area (Å²) in [5.74, 6) is -0.332. The minimum absolute atomic E-state index is 0. The van der Waals surface area contributed by atoms with Crippen molar-refractivity contribution in [1.29, 1.82) is 0 Å². The minimum Gasteiger partial charge on any atom is -0.378 e. The summed E-state index contributed by atoms with van der Waals surface area (Å²) >= 11 is 0. The van der Waals surface area contributed by atoms with Gasteiger partial charge in [0.2, 0.25) is 0 Å². The van der Waals surface area contributed by atoms with E-state index in [-0.39, 0.29) is 24.1 Å². The number of benzene rings is 3. The highest BCUT2D eigenvalue weighted by Crippen LogP contribution is 2.29. The zero-order valence-electron chi connectivity index (χ0n) is 18.6.